The van der Waals surface area contributed by atoms with Crippen molar-refractivity contribution < 1.29 is 14.3 Å². The molecule has 22 heavy (non-hydrogen) atoms. The second kappa shape index (κ2) is 6.89. The van der Waals surface area contributed by atoms with Gasteiger partial charge in [0, 0.05) is 6.04 Å². The maximum absolute atomic E-state index is 12.5. The molecule has 1 aromatic carbocycles. The van der Waals surface area contributed by atoms with Crippen molar-refractivity contribution in [1.82, 2.24) is 16.0 Å². The number of rotatable bonds is 3. The van der Waals surface area contributed by atoms with Crippen molar-refractivity contribution >= 4 is 11.8 Å². The van der Waals surface area contributed by atoms with Gasteiger partial charge in [-0.05, 0) is 31.5 Å². The lowest BCUT2D eigenvalue weighted by molar-refractivity contribution is -0.148. The van der Waals surface area contributed by atoms with Gasteiger partial charge in [-0.25, -0.2) is 0 Å². The Bertz CT molecular complexity index is 529. The Morgan fingerprint density at radius 1 is 1.18 bits per heavy atom. The first-order valence-corrected chi connectivity index (χ1v) is 7.71. The van der Waals surface area contributed by atoms with Gasteiger partial charge >= 0.3 is 0 Å². The molecule has 0 radical (unpaired) electrons. The number of carbonyl (C=O) groups is 2. The zero-order chi connectivity index (χ0) is 15.4. The number of amides is 2. The van der Waals surface area contributed by atoms with Crippen LogP contribution in [0.1, 0.15) is 24.4 Å². The van der Waals surface area contributed by atoms with Crippen LogP contribution in [0.2, 0.25) is 0 Å². The van der Waals surface area contributed by atoms with E-state index in [0.717, 1.165) is 31.5 Å². The number of piperidine rings is 1. The lowest BCUT2D eigenvalue weighted by Gasteiger charge is -2.33. The summed E-state index contributed by atoms with van der Waals surface area (Å²) in [5.41, 5.74) is 0.876. The minimum Gasteiger partial charge on any atom is -0.356 e. The predicted octanol–water partition coefficient (Wildman–Crippen LogP) is 0.111. The molecule has 0 aliphatic carbocycles. The molecule has 6 heteroatoms. The SMILES string of the molecule is O=C1CO[C@H](C(=O)NC2CCNCC2)[C@@H](c2ccccc2)N1. The van der Waals surface area contributed by atoms with E-state index in [1.54, 1.807) is 0 Å². The van der Waals surface area contributed by atoms with Gasteiger partial charge in [0.15, 0.2) is 6.10 Å². The molecule has 1 aromatic rings. The van der Waals surface area contributed by atoms with Gasteiger partial charge in [-0.2, -0.15) is 0 Å². The molecule has 3 N–H and O–H groups in total. The van der Waals surface area contributed by atoms with E-state index in [2.05, 4.69) is 16.0 Å². The zero-order valence-electron chi connectivity index (χ0n) is 12.4. The smallest absolute Gasteiger partial charge is 0.251 e. The molecule has 118 valence electrons. The maximum Gasteiger partial charge on any atom is 0.251 e. The fraction of sp³-hybridized carbons (Fsp3) is 0.500. The van der Waals surface area contributed by atoms with Gasteiger partial charge in [0.2, 0.25) is 5.91 Å². The lowest BCUT2D eigenvalue weighted by atomic mass is 9.98. The molecular weight excluding hydrogens is 282 g/mol. The number of hydrogen-bond donors (Lipinski definition) is 3. The van der Waals surface area contributed by atoms with E-state index in [1.165, 1.54) is 0 Å². The minimum atomic E-state index is -0.685. The molecule has 6 nitrogen and oxygen atoms in total. The number of nitrogens with one attached hydrogen (secondary N) is 3. The van der Waals surface area contributed by atoms with Crippen molar-refractivity contribution in [3.05, 3.63) is 35.9 Å². The van der Waals surface area contributed by atoms with Gasteiger partial charge in [-0.3, -0.25) is 9.59 Å². The Kier molecular flexibility index (Phi) is 4.70. The van der Waals surface area contributed by atoms with Crippen molar-refractivity contribution in [3.8, 4) is 0 Å². The Balaban J connectivity index is 1.71. The van der Waals surface area contributed by atoms with E-state index >= 15 is 0 Å². The van der Waals surface area contributed by atoms with E-state index < -0.39 is 12.1 Å². The van der Waals surface area contributed by atoms with Gasteiger partial charge in [0.05, 0.1) is 6.04 Å². The van der Waals surface area contributed by atoms with Crippen LogP contribution in [-0.4, -0.2) is 43.7 Å². The molecule has 3 rings (SSSR count). The number of hydrogen-bond acceptors (Lipinski definition) is 4. The Hall–Kier alpha value is -1.92. The highest BCUT2D eigenvalue weighted by atomic mass is 16.5. The van der Waals surface area contributed by atoms with Crippen LogP contribution in [0, 0.1) is 0 Å². The molecular formula is C16H21N3O3. The van der Waals surface area contributed by atoms with Gasteiger partial charge < -0.3 is 20.7 Å². The summed E-state index contributed by atoms with van der Waals surface area (Å²) in [5.74, 6) is -0.347. The minimum absolute atomic E-state index is 0.0758. The molecule has 0 spiro atoms. The first-order valence-electron chi connectivity index (χ1n) is 7.71. The van der Waals surface area contributed by atoms with Gasteiger partial charge in [-0.15, -0.1) is 0 Å². The Labute approximate surface area is 129 Å². The highest BCUT2D eigenvalue weighted by molar-refractivity contribution is 5.86. The van der Waals surface area contributed by atoms with Gasteiger partial charge in [-0.1, -0.05) is 30.3 Å². The van der Waals surface area contributed by atoms with E-state index in [9.17, 15) is 9.59 Å². The molecule has 2 atom stereocenters. The second-order valence-corrected chi connectivity index (χ2v) is 5.72. The van der Waals surface area contributed by atoms with Crippen LogP contribution in [0.4, 0.5) is 0 Å². The van der Waals surface area contributed by atoms with Crippen molar-refractivity contribution in [3.63, 3.8) is 0 Å². The number of morpholine rings is 1. The molecule has 2 saturated heterocycles. The lowest BCUT2D eigenvalue weighted by Crippen LogP contribution is -2.55. The highest BCUT2D eigenvalue weighted by Crippen LogP contribution is 2.22. The van der Waals surface area contributed by atoms with Crippen molar-refractivity contribution in [1.29, 1.82) is 0 Å². The molecule has 2 aliphatic heterocycles. The summed E-state index contributed by atoms with van der Waals surface area (Å²) in [6.45, 7) is 1.75. The monoisotopic (exact) mass is 303 g/mol. The summed E-state index contributed by atoms with van der Waals surface area (Å²) >= 11 is 0. The van der Waals surface area contributed by atoms with Crippen LogP contribution in [0.15, 0.2) is 30.3 Å². The summed E-state index contributed by atoms with van der Waals surface area (Å²) in [5, 5.41) is 9.18. The van der Waals surface area contributed by atoms with Crippen LogP contribution >= 0.6 is 0 Å². The Morgan fingerprint density at radius 2 is 1.91 bits per heavy atom. The maximum atomic E-state index is 12.5. The fourth-order valence-electron chi connectivity index (χ4n) is 2.95. The summed E-state index contributed by atoms with van der Waals surface area (Å²) in [6, 6.07) is 9.19. The highest BCUT2D eigenvalue weighted by Gasteiger charge is 2.36. The number of ether oxygens (including phenoxy) is 1. The van der Waals surface area contributed by atoms with Crippen molar-refractivity contribution in [2.45, 2.75) is 31.0 Å². The van der Waals surface area contributed by atoms with Gasteiger partial charge in [0.25, 0.3) is 5.91 Å². The normalized spacial score (nSPS) is 26.3. The summed E-state index contributed by atoms with van der Waals surface area (Å²) in [4.78, 5) is 24.2. The van der Waals surface area contributed by atoms with Crippen LogP contribution in [-0.2, 0) is 14.3 Å². The first-order chi connectivity index (χ1) is 10.7. The van der Waals surface area contributed by atoms with Gasteiger partial charge in [0.1, 0.15) is 6.61 Å². The third-order valence-corrected chi connectivity index (χ3v) is 4.12. The third kappa shape index (κ3) is 3.45. The van der Waals surface area contributed by atoms with E-state index in [1.807, 2.05) is 30.3 Å². The Morgan fingerprint density at radius 3 is 2.64 bits per heavy atom. The fourth-order valence-corrected chi connectivity index (χ4v) is 2.95. The molecule has 2 heterocycles. The zero-order valence-corrected chi connectivity index (χ0v) is 12.4. The molecule has 0 unspecified atom stereocenters. The van der Waals surface area contributed by atoms with Crippen LogP contribution in [0.25, 0.3) is 0 Å². The summed E-state index contributed by atoms with van der Waals surface area (Å²) < 4.78 is 5.52. The average molecular weight is 303 g/mol. The predicted molar refractivity (Wildman–Crippen MR) is 81.1 cm³/mol. The van der Waals surface area contributed by atoms with E-state index in [0.29, 0.717) is 0 Å². The first kappa shape index (κ1) is 15.0. The number of carbonyl (C=O) groups excluding carboxylic acids is 2. The van der Waals surface area contributed by atoms with Crippen LogP contribution < -0.4 is 16.0 Å². The molecule has 2 fully saturated rings. The van der Waals surface area contributed by atoms with E-state index in [-0.39, 0.29) is 24.5 Å². The molecule has 0 aromatic heterocycles. The largest absolute Gasteiger partial charge is 0.356 e. The average Bonchev–Trinajstić information content (AvgIpc) is 2.56. The van der Waals surface area contributed by atoms with E-state index in [4.69, 9.17) is 4.74 Å². The quantitative estimate of drug-likeness (QED) is 0.740. The molecule has 2 amide bonds. The van der Waals surface area contributed by atoms with Crippen molar-refractivity contribution in [2.75, 3.05) is 19.7 Å². The summed E-state index contributed by atoms with van der Waals surface area (Å²) in [6.07, 6.45) is 1.15. The summed E-state index contributed by atoms with van der Waals surface area (Å²) in [7, 11) is 0. The van der Waals surface area contributed by atoms with Crippen LogP contribution in [0.3, 0.4) is 0 Å². The van der Waals surface area contributed by atoms with Crippen LogP contribution in [0.5, 0.6) is 0 Å². The second-order valence-electron chi connectivity index (χ2n) is 5.72. The van der Waals surface area contributed by atoms with Crippen molar-refractivity contribution in [2.24, 2.45) is 0 Å². The molecule has 2 aliphatic rings. The third-order valence-electron chi connectivity index (χ3n) is 4.12. The standard InChI is InChI=1S/C16H21N3O3/c20-13-10-22-15(14(19-13)11-4-2-1-3-5-11)16(21)18-12-6-8-17-9-7-12/h1-5,12,14-15,17H,6-10H2,(H,18,21)(H,19,20)/t14-,15+/m1/s1. The number of benzene rings is 1. The molecule has 0 saturated carbocycles. The molecule has 0 bridgehead atoms. The topological polar surface area (TPSA) is 79.5 Å².